The molecule has 1 spiro atoms. The Kier molecular flexibility index (Phi) is 3.10. The van der Waals surface area contributed by atoms with E-state index in [-0.39, 0.29) is 28.7 Å². The Morgan fingerprint density at radius 2 is 2.26 bits per heavy atom. The molecule has 0 radical (unpaired) electrons. The van der Waals surface area contributed by atoms with Gasteiger partial charge in [0.15, 0.2) is 0 Å². The Balaban J connectivity index is 1.62. The number of rotatable bonds is 2. The maximum atomic E-state index is 12.0. The lowest BCUT2D eigenvalue weighted by molar-refractivity contribution is 0.0847. The van der Waals surface area contributed by atoms with Crippen molar-refractivity contribution < 1.29 is 4.79 Å². The van der Waals surface area contributed by atoms with Crippen LogP contribution in [0, 0.1) is 0 Å². The highest BCUT2D eigenvalue weighted by Gasteiger charge is 2.41. The minimum atomic E-state index is -0.299. The number of piperidine rings is 1. The van der Waals surface area contributed by atoms with Crippen molar-refractivity contribution in [2.24, 2.45) is 0 Å². The maximum absolute atomic E-state index is 12.0. The highest BCUT2D eigenvalue weighted by atomic mass is 16.2. The summed E-state index contributed by atoms with van der Waals surface area (Å²) in [6, 6.07) is 2.97. The lowest BCUT2D eigenvalue weighted by atomic mass is 9.70. The third-order valence-corrected chi connectivity index (χ3v) is 4.19. The molecule has 1 aromatic rings. The molecule has 1 saturated carbocycles. The predicted octanol–water partition coefficient (Wildman–Crippen LogP) is 0.174. The molecule has 6 nitrogen and oxygen atoms in total. The van der Waals surface area contributed by atoms with Crippen LogP contribution in [0.1, 0.15) is 42.6 Å². The van der Waals surface area contributed by atoms with E-state index in [9.17, 15) is 9.59 Å². The van der Waals surface area contributed by atoms with Crippen molar-refractivity contribution >= 4 is 5.91 Å². The van der Waals surface area contributed by atoms with Gasteiger partial charge >= 0.3 is 0 Å². The summed E-state index contributed by atoms with van der Waals surface area (Å²) in [5.41, 5.74) is 0.224. The Labute approximate surface area is 111 Å². The maximum Gasteiger partial charge on any atom is 0.271 e. The van der Waals surface area contributed by atoms with Crippen LogP contribution in [0.3, 0.4) is 0 Å². The number of carbonyl (C=O) groups is 1. The molecule has 1 aliphatic heterocycles. The molecule has 1 aliphatic carbocycles. The second-order valence-electron chi connectivity index (χ2n) is 5.53. The van der Waals surface area contributed by atoms with E-state index < -0.39 is 0 Å². The molecule has 6 heteroatoms. The van der Waals surface area contributed by atoms with Gasteiger partial charge in [-0.25, -0.2) is 5.10 Å². The molecule has 1 saturated heterocycles. The Morgan fingerprint density at radius 1 is 1.42 bits per heavy atom. The molecular weight excluding hydrogens is 244 g/mol. The summed E-state index contributed by atoms with van der Waals surface area (Å²) in [7, 11) is 0. The van der Waals surface area contributed by atoms with E-state index in [4.69, 9.17) is 0 Å². The van der Waals surface area contributed by atoms with Crippen LogP contribution in [-0.4, -0.2) is 34.2 Å². The van der Waals surface area contributed by atoms with Gasteiger partial charge < -0.3 is 10.6 Å². The van der Waals surface area contributed by atoms with Crippen molar-refractivity contribution in [3.05, 3.63) is 28.2 Å². The van der Waals surface area contributed by atoms with Crippen LogP contribution in [0.4, 0.5) is 0 Å². The van der Waals surface area contributed by atoms with Gasteiger partial charge in [-0.2, -0.15) is 5.10 Å². The third kappa shape index (κ3) is 2.53. The molecule has 2 fully saturated rings. The van der Waals surface area contributed by atoms with E-state index in [0.29, 0.717) is 0 Å². The molecule has 102 valence electrons. The summed E-state index contributed by atoms with van der Waals surface area (Å²) in [6.07, 6.45) is 5.61. The van der Waals surface area contributed by atoms with Crippen molar-refractivity contribution in [1.82, 2.24) is 20.8 Å². The van der Waals surface area contributed by atoms with E-state index in [1.165, 1.54) is 31.4 Å². The van der Waals surface area contributed by atoms with E-state index in [0.717, 1.165) is 19.4 Å². The van der Waals surface area contributed by atoms with E-state index >= 15 is 0 Å². The minimum absolute atomic E-state index is 0.197. The first kappa shape index (κ1) is 12.3. The zero-order valence-electron chi connectivity index (χ0n) is 10.7. The van der Waals surface area contributed by atoms with Gasteiger partial charge in [0.2, 0.25) is 0 Å². The van der Waals surface area contributed by atoms with Gasteiger partial charge in [-0.3, -0.25) is 9.59 Å². The first-order valence-electron chi connectivity index (χ1n) is 6.79. The van der Waals surface area contributed by atoms with Gasteiger partial charge in [0.25, 0.3) is 11.5 Å². The van der Waals surface area contributed by atoms with E-state index in [1.54, 1.807) is 0 Å². The second-order valence-corrected chi connectivity index (χ2v) is 5.53. The Morgan fingerprint density at radius 3 is 2.89 bits per heavy atom. The van der Waals surface area contributed by atoms with Crippen LogP contribution in [-0.2, 0) is 0 Å². The van der Waals surface area contributed by atoms with Gasteiger partial charge in [-0.05, 0) is 44.7 Å². The quantitative estimate of drug-likeness (QED) is 0.709. The SMILES string of the molecule is O=C(NC1CCNC2(CCC2)C1)c1ccc(=O)[nH]n1. The molecule has 1 aromatic heterocycles. The third-order valence-electron chi connectivity index (χ3n) is 4.19. The number of amides is 1. The smallest absolute Gasteiger partial charge is 0.271 e. The molecule has 3 rings (SSSR count). The fourth-order valence-electron chi connectivity index (χ4n) is 3.00. The molecule has 3 N–H and O–H groups in total. The lowest BCUT2D eigenvalue weighted by Gasteiger charge is -2.48. The predicted molar refractivity (Wildman–Crippen MR) is 69.9 cm³/mol. The Bertz CT molecular complexity index is 515. The molecule has 1 atom stereocenters. The van der Waals surface area contributed by atoms with Crippen LogP contribution in [0.15, 0.2) is 16.9 Å². The fourth-order valence-corrected chi connectivity index (χ4v) is 3.00. The van der Waals surface area contributed by atoms with Gasteiger partial charge in [0.05, 0.1) is 0 Å². The zero-order chi connectivity index (χ0) is 13.3. The average Bonchev–Trinajstić information content (AvgIpc) is 2.38. The highest BCUT2D eigenvalue weighted by molar-refractivity contribution is 5.92. The summed E-state index contributed by atoms with van der Waals surface area (Å²) in [4.78, 5) is 22.9. The van der Waals surface area contributed by atoms with Gasteiger partial charge in [0.1, 0.15) is 5.69 Å². The molecule has 1 unspecified atom stereocenters. The minimum Gasteiger partial charge on any atom is -0.348 e. The molecular formula is C13H18N4O2. The molecule has 2 aliphatic rings. The van der Waals surface area contributed by atoms with Crippen LogP contribution >= 0.6 is 0 Å². The fraction of sp³-hybridized carbons (Fsp3) is 0.615. The molecule has 0 bridgehead atoms. The Hall–Kier alpha value is -1.69. The lowest BCUT2D eigenvalue weighted by Crippen LogP contribution is -2.59. The summed E-state index contributed by atoms with van der Waals surface area (Å²) in [6.45, 7) is 0.948. The largest absolute Gasteiger partial charge is 0.348 e. The zero-order valence-corrected chi connectivity index (χ0v) is 10.7. The van der Waals surface area contributed by atoms with Crippen LogP contribution in [0.2, 0.25) is 0 Å². The first-order valence-corrected chi connectivity index (χ1v) is 6.79. The van der Waals surface area contributed by atoms with Crippen molar-refractivity contribution in [3.8, 4) is 0 Å². The normalized spacial score (nSPS) is 24.7. The summed E-state index contributed by atoms with van der Waals surface area (Å²) in [5.74, 6) is -0.211. The van der Waals surface area contributed by atoms with E-state index in [1.807, 2.05) is 0 Å². The molecule has 1 amide bonds. The van der Waals surface area contributed by atoms with Crippen LogP contribution in [0.5, 0.6) is 0 Å². The van der Waals surface area contributed by atoms with Gasteiger partial charge in [-0.15, -0.1) is 0 Å². The number of hydrogen-bond acceptors (Lipinski definition) is 4. The molecule has 19 heavy (non-hydrogen) atoms. The number of H-pyrrole nitrogens is 1. The van der Waals surface area contributed by atoms with Crippen molar-refractivity contribution in [2.45, 2.75) is 43.7 Å². The monoisotopic (exact) mass is 262 g/mol. The van der Waals surface area contributed by atoms with E-state index in [2.05, 4.69) is 20.8 Å². The number of hydrogen-bond donors (Lipinski definition) is 3. The standard InChI is InChI=1S/C13H18N4O2/c18-11-3-2-10(16-17-11)12(19)15-9-4-7-14-13(8-9)5-1-6-13/h2-3,9,14H,1,4-8H2,(H,15,19)(H,17,18). The summed E-state index contributed by atoms with van der Waals surface area (Å²) >= 11 is 0. The average molecular weight is 262 g/mol. The number of nitrogens with one attached hydrogen (secondary N) is 3. The van der Waals surface area contributed by atoms with Crippen molar-refractivity contribution in [1.29, 1.82) is 0 Å². The van der Waals surface area contributed by atoms with Crippen LogP contribution < -0.4 is 16.2 Å². The molecule has 2 heterocycles. The van der Waals surface area contributed by atoms with Crippen molar-refractivity contribution in [2.75, 3.05) is 6.54 Å². The second kappa shape index (κ2) is 4.77. The van der Waals surface area contributed by atoms with Crippen molar-refractivity contribution in [3.63, 3.8) is 0 Å². The van der Waals surface area contributed by atoms with Gasteiger partial charge in [0, 0.05) is 17.6 Å². The molecule has 0 aromatic carbocycles. The number of aromatic amines is 1. The summed E-state index contributed by atoms with van der Waals surface area (Å²) < 4.78 is 0. The van der Waals surface area contributed by atoms with Gasteiger partial charge in [-0.1, -0.05) is 0 Å². The summed E-state index contributed by atoms with van der Waals surface area (Å²) in [5, 5.41) is 12.6. The number of nitrogens with zero attached hydrogens (tertiary/aromatic N) is 1. The number of aromatic nitrogens is 2. The topological polar surface area (TPSA) is 86.9 Å². The first-order chi connectivity index (χ1) is 9.17. The van der Waals surface area contributed by atoms with Crippen LogP contribution in [0.25, 0.3) is 0 Å². The number of carbonyl (C=O) groups excluding carboxylic acids is 1. The highest BCUT2D eigenvalue weighted by Crippen LogP contribution is 2.38.